The van der Waals surface area contributed by atoms with Crippen molar-refractivity contribution in [2.75, 3.05) is 6.61 Å². The molecule has 0 aliphatic rings. The maximum Gasteiger partial charge on any atom is 0.277 e. The Morgan fingerprint density at radius 2 is 1.41 bits per heavy atom. The Morgan fingerprint density at radius 3 is 2.07 bits per heavy atom. The lowest BCUT2D eigenvalue weighted by Gasteiger charge is -2.22. The molecule has 0 spiro atoms. The van der Waals surface area contributed by atoms with Crippen LogP contribution in [0.4, 0.5) is 0 Å². The molecule has 5 nitrogen and oxygen atoms in total. The van der Waals surface area contributed by atoms with Gasteiger partial charge in [-0.2, -0.15) is 18.4 Å². The van der Waals surface area contributed by atoms with E-state index >= 15 is 0 Å². The summed E-state index contributed by atoms with van der Waals surface area (Å²) in [5.41, 5.74) is 5.11. The lowest BCUT2D eigenvalue weighted by molar-refractivity contribution is 0.117. The Morgan fingerprint density at radius 1 is 0.761 bits per heavy atom. The maximum absolute atomic E-state index is 14.0. The predicted octanol–water partition coefficient (Wildman–Crippen LogP) is 9.67. The number of nitrogens with one attached hydrogen (secondary N) is 1. The van der Waals surface area contributed by atoms with Gasteiger partial charge in [-0.1, -0.05) is 133 Å². The lowest BCUT2D eigenvalue weighted by atomic mass is 9.89. The summed E-state index contributed by atoms with van der Waals surface area (Å²) < 4.78 is 33.9. The zero-order chi connectivity index (χ0) is 33.1. The fourth-order valence-electron chi connectivity index (χ4n) is 5.36. The highest BCUT2D eigenvalue weighted by atomic mass is 32.2. The molecule has 0 saturated carbocycles. The Hall–Kier alpha value is -3.92. The third-order valence-electron chi connectivity index (χ3n) is 8.06. The normalized spacial score (nSPS) is 12.2. The molecule has 46 heavy (non-hydrogen) atoms. The number of rotatable bonds is 14. The van der Waals surface area contributed by atoms with Gasteiger partial charge in [-0.15, -0.1) is 0 Å². The summed E-state index contributed by atoms with van der Waals surface area (Å²) in [4.78, 5) is 2.92. The van der Waals surface area contributed by atoms with Gasteiger partial charge in [0.1, 0.15) is 5.71 Å². The highest BCUT2D eigenvalue weighted by Crippen LogP contribution is 2.35. The predicted molar refractivity (Wildman–Crippen MR) is 192 cm³/mol. The molecule has 0 aliphatic heterocycles. The molecule has 0 unspecified atom stereocenters. The van der Waals surface area contributed by atoms with Gasteiger partial charge < -0.3 is 4.74 Å². The van der Waals surface area contributed by atoms with Crippen molar-refractivity contribution < 1.29 is 13.2 Å². The van der Waals surface area contributed by atoms with Crippen molar-refractivity contribution in [3.63, 3.8) is 0 Å². The van der Waals surface area contributed by atoms with Crippen molar-refractivity contribution in [1.29, 1.82) is 0 Å². The number of hydrogen-bond acceptors (Lipinski definition) is 4. The Kier molecular flexibility index (Phi) is 12.6. The zero-order valence-electron chi connectivity index (χ0n) is 28.1. The van der Waals surface area contributed by atoms with Crippen LogP contribution in [-0.4, -0.2) is 20.7 Å². The van der Waals surface area contributed by atoms with Crippen LogP contribution in [0.3, 0.4) is 0 Å². The fraction of sp³-hybridized carbons (Fsp3) is 0.375. The first kappa shape index (κ1) is 34.9. The third kappa shape index (κ3) is 9.55. The first-order valence-corrected chi connectivity index (χ1v) is 17.9. The Labute approximate surface area is 276 Å². The van der Waals surface area contributed by atoms with Crippen molar-refractivity contribution in [1.82, 2.24) is 4.83 Å². The van der Waals surface area contributed by atoms with Crippen molar-refractivity contribution in [3.8, 4) is 11.8 Å². The van der Waals surface area contributed by atoms with Gasteiger partial charge in [0.15, 0.2) is 0 Å². The molecule has 242 valence electrons. The van der Waals surface area contributed by atoms with Crippen LogP contribution in [0.1, 0.15) is 113 Å². The summed E-state index contributed by atoms with van der Waals surface area (Å²) in [6.45, 7) is 13.7. The minimum atomic E-state index is -3.99. The fourth-order valence-corrected chi connectivity index (χ4v) is 6.87. The molecule has 0 bridgehead atoms. The minimum absolute atomic E-state index is 0.0234. The molecule has 0 amide bonds. The molecule has 0 saturated heterocycles. The van der Waals surface area contributed by atoms with Crippen LogP contribution in [-0.2, 0) is 21.4 Å². The van der Waals surface area contributed by atoms with E-state index < -0.39 is 10.0 Å². The molecule has 0 aliphatic carbocycles. The van der Waals surface area contributed by atoms with Crippen molar-refractivity contribution >= 4 is 26.5 Å². The van der Waals surface area contributed by atoms with Crippen LogP contribution in [0.15, 0.2) is 94.9 Å². The van der Waals surface area contributed by atoms with E-state index in [2.05, 4.69) is 53.8 Å². The molecular formula is C40H48N2O3S. The van der Waals surface area contributed by atoms with E-state index in [1.54, 1.807) is 0 Å². The molecule has 1 N–H and O–H groups in total. The molecular weight excluding hydrogens is 589 g/mol. The van der Waals surface area contributed by atoms with Gasteiger partial charge >= 0.3 is 0 Å². The molecule has 0 heterocycles. The molecule has 0 radical (unpaired) electrons. The monoisotopic (exact) mass is 636 g/mol. The van der Waals surface area contributed by atoms with E-state index in [1.807, 2.05) is 94.4 Å². The topological polar surface area (TPSA) is 67.8 Å². The molecule has 4 aromatic carbocycles. The average Bonchev–Trinajstić information content (AvgIpc) is 3.04. The maximum atomic E-state index is 14.0. The highest BCUT2D eigenvalue weighted by molar-refractivity contribution is 7.89. The van der Waals surface area contributed by atoms with Gasteiger partial charge in [-0.25, -0.2) is 0 Å². The number of hydrazone groups is 1. The van der Waals surface area contributed by atoms with Crippen LogP contribution in [0, 0.1) is 11.8 Å². The van der Waals surface area contributed by atoms with E-state index in [1.165, 1.54) is 5.56 Å². The molecule has 4 aromatic rings. The number of ether oxygens (including phenoxy) is 1. The molecule has 0 aromatic heterocycles. The van der Waals surface area contributed by atoms with Crippen LogP contribution < -0.4 is 4.83 Å². The molecule has 6 heteroatoms. The third-order valence-corrected chi connectivity index (χ3v) is 9.40. The van der Waals surface area contributed by atoms with Crippen molar-refractivity contribution in [2.24, 2.45) is 5.10 Å². The van der Waals surface area contributed by atoms with E-state index in [0.717, 1.165) is 52.3 Å². The largest absolute Gasteiger partial charge is 0.377 e. The first-order chi connectivity index (χ1) is 22.1. The van der Waals surface area contributed by atoms with E-state index in [0.29, 0.717) is 30.2 Å². The average molecular weight is 637 g/mol. The van der Waals surface area contributed by atoms with Gasteiger partial charge in [0.05, 0.1) is 11.5 Å². The van der Waals surface area contributed by atoms with Gasteiger partial charge in [-0.3, -0.25) is 0 Å². The van der Waals surface area contributed by atoms with Gasteiger partial charge in [0.25, 0.3) is 10.0 Å². The number of fused-ring (bicyclic) bond motifs is 1. The van der Waals surface area contributed by atoms with Crippen molar-refractivity contribution in [2.45, 2.75) is 96.5 Å². The summed E-state index contributed by atoms with van der Waals surface area (Å²) >= 11 is 0. The SMILES string of the molecule is CC(C)c1cc(C(C)C)c(S(=O)(=O)N/N=C(\C#CCCCCCOCc2ccccc2)c2ccc3ccccc3c2)c(C(C)C)c1. The highest BCUT2D eigenvalue weighted by Gasteiger charge is 2.27. The quantitative estimate of drug-likeness (QED) is 0.0649. The smallest absolute Gasteiger partial charge is 0.277 e. The second-order valence-electron chi connectivity index (χ2n) is 12.8. The van der Waals surface area contributed by atoms with Crippen LogP contribution in [0.5, 0.6) is 0 Å². The Bertz CT molecular complexity index is 1770. The summed E-state index contributed by atoms with van der Waals surface area (Å²) in [5.74, 6) is 6.77. The van der Waals surface area contributed by atoms with Crippen molar-refractivity contribution in [3.05, 3.63) is 113 Å². The number of unbranched alkanes of at least 4 members (excludes halogenated alkanes) is 3. The van der Waals surface area contributed by atoms with E-state index in [-0.39, 0.29) is 17.8 Å². The van der Waals surface area contributed by atoms with E-state index in [4.69, 9.17) is 4.74 Å². The number of sulfonamides is 1. The van der Waals surface area contributed by atoms with Gasteiger partial charge in [-0.05, 0) is 75.6 Å². The first-order valence-electron chi connectivity index (χ1n) is 16.4. The minimum Gasteiger partial charge on any atom is -0.377 e. The number of hydrogen-bond donors (Lipinski definition) is 1. The standard InChI is InChI=1S/C40H48N2O3S/c1-29(2)36-26-37(30(3)4)40(38(27-36)31(5)6)46(43,44)42-41-39(35-23-22-33-19-14-15-20-34(33)25-35)21-13-8-7-9-16-24-45-28-32-17-11-10-12-18-32/h10-12,14-15,17-20,22-23,25-27,29-31,42H,7-9,16,24,28H2,1-6H3/b41-39+. The second kappa shape index (κ2) is 16.6. The van der Waals surface area contributed by atoms with Crippen LogP contribution in [0.2, 0.25) is 0 Å². The van der Waals surface area contributed by atoms with Gasteiger partial charge in [0, 0.05) is 18.6 Å². The number of nitrogens with zero attached hydrogens (tertiary/aromatic N) is 1. The summed E-state index contributed by atoms with van der Waals surface area (Å²) in [6, 6.07) is 28.3. The number of benzene rings is 4. The summed E-state index contributed by atoms with van der Waals surface area (Å²) in [7, 11) is -3.99. The lowest BCUT2D eigenvalue weighted by Crippen LogP contribution is -2.24. The van der Waals surface area contributed by atoms with Crippen LogP contribution in [0.25, 0.3) is 10.8 Å². The Balaban J connectivity index is 1.55. The van der Waals surface area contributed by atoms with Crippen LogP contribution >= 0.6 is 0 Å². The van der Waals surface area contributed by atoms with Gasteiger partial charge in [0.2, 0.25) is 0 Å². The summed E-state index contributed by atoms with van der Waals surface area (Å²) in [6.07, 6.45) is 3.58. The second-order valence-corrected chi connectivity index (χ2v) is 14.4. The van der Waals surface area contributed by atoms with E-state index in [9.17, 15) is 8.42 Å². The molecule has 4 rings (SSSR count). The molecule has 0 atom stereocenters. The molecule has 0 fully saturated rings. The zero-order valence-corrected chi connectivity index (χ0v) is 29.0. The summed E-state index contributed by atoms with van der Waals surface area (Å²) in [5, 5.41) is 6.62.